The van der Waals surface area contributed by atoms with Crippen molar-refractivity contribution in [2.24, 2.45) is 11.8 Å². The van der Waals surface area contributed by atoms with Gasteiger partial charge in [0.15, 0.2) is 0 Å². The fraction of sp³-hybridized carbons (Fsp3) is 0.579. The Bertz CT molecular complexity index is 547. The van der Waals surface area contributed by atoms with Crippen molar-refractivity contribution in [3.05, 3.63) is 35.9 Å². The lowest BCUT2D eigenvalue weighted by Crippen LogP contribution is -2.43. The summed E-state index contributed by atoms with van der Waals surface area (Å²) in [5.41, 5.74) is 0.388. The molecule has 1 saturated carbocycles. The second-order valence-electron chi connectivity index (χ2n) is 7.40. The monoisotopic (exact) mass is 317 g/mol. The molecule has 2 rings (SSSR count). The zero-order valence-electron chi connectivity index (χ0n) is 14.5. The van der Waals surface area contributed by atoms with Crippen LogP contribution in [0.4, 0.5) is 4.79 Å². The summed E-state index contributed by atoms with van der Waals surface area (Å²) in [6.45, 7) is 7.59. The number of alkyl carbamates (subject to hydrolysis) is 1. The Labute approximate surface area is 138 Å². The van der Waals surface area contributed by atoms with Gasteiger partial charge < -0.3 is 10.1 Å². The molecule has 0 radical (unpaired) electrons. The Morgan fingerprint density at radius 2 is 1.91 bits per heavy atom. The molecule has 1 aliphatic carbocycles. The van der Waals surface area contributed by atoms with Gasteiger partial charge in [0.25, 0.3) is 0 Å². The molecule has 1 amide bonds. The summed E-state index contributed by atoms with van der Waals surface area (Å²) in [4.78, 5) is 24.7. The second kappa shape index (κ2) is 7.16. The normalized spacial score (nSPS) is 23.2. The van der Waals surface area contributed by atoms with Gasteiger partial charge in [-0.2, -0.15) is 0 Å². The van der Waals surface area contributed by atoms with E-state index in [1.54, 1.807) is 0 Å². The van der Waals surface area contributed by atoms with Crippen LogP contribution in [0.1, 0.15) is 58.6 Å². The van der Waals surface area contributed by atoms with Gasteiger partial charge in [0.1, 0.15) is 11.4 Å². The van der Waals surface area contributed by atoms with E-state index in [9.17, 15) is 9.59 Å². The summed E-state index contributed by atoms with van der Waals surface area (Å²) in [5.74, 6) is 0.281. The first-order chi connectivity index (χ1) is 10.8. The van der Waals surface area contributed by atoms with Gasteiger partial charge in [-0.25, -0.2) is 4.79 Å². The van der Waals surface area contributed by atoms with E-state index in [0.717, 1.165) is 18.4 Å². The van der Waals surface area contributed by atoms with Gasteiger partial charge in [-0.15, -0.1) is 0 Å². The van der Waals surface area contributed by atoms with Crippen LogP contribution < -0.4 is 5.32 Å². The third-order valence-corrected chi connectivity index (χ3v) is 4.26. The Hall–Kier alpha value is -1.84. The molecule has 1 N–H and O–H groups in total. The van der Waals surface area contributed by atoms with Crippen molar-refractivity contribution in [2.75, 3.05) is 0 Å². The van der Waals surface area contributed by atoms with Crippen LogP contribution in [0.5, 0.6) is 0 Å². The summed E-state index contributed by atoms with van der Waals surface area (Å²) in [7, 11) is 0. The molecule has 3 atom stereocenters. The average molecular weight is 317 g/mol. The van der Waals surface area contributed by atoms with Crippen LogP contribution in [0.15, 0.2) is 30.3 Å². The van der Waals surface area contributed by atoms with Crippen LogP contribution in [0.3, 0.4) is 0 Å². The average Bonchev–Trinajstić information content (AvgIpc) is 2.45. The van der Waals surface area contributed by atoms with Crippen LogP contribution >= 0.6 is 0 Å². The lowest BCUT2D eigenvalue weighted by atomic mass is 9.73. The molecule has 1 aliphatic rings. The molecule has 0 aliphatic heterocycles. The van der Waals surface area contributed by atoms with Gasteiger partial charge in [0.2, 0.25) is 0 Å². The van der Waals surface area contributed by atoms with Crippen LogP contribution in [0.2, 0.25) is 0 Å². The topological polar surface area (TPSA) is 55.4 Å². The Morgan fingerprint density at radius 1 is 1.26 bits per heavy atom. The van der Waals surface area contributed by atoms with Crippen LogP contribution in [0.25, 0.3) is 0 Å². The SMILES string of the molecule is C[C@@H]1CCCC(=O)[C@H]1[C@H](NC(=O)OC(C)(C)C)c1ccccc1. The van der Waals surface area contributed by atoms with Crippen LogP contribution in [-0.4, -0.2) is 17.5 Å². The zero-order valence-corrected chi connectivity index (χ0v) is 14.5. The molecule has 0 saturated heterocycles. The molecule has 1 aromatic rings. The van der Waals surface area contributed by atoms with Gasteiger partial charge in [0, 0.05) is 12.3 Å². The standard InChI is InChI=1S/C19H27NO3/c1-13-9-8-12-15(21)16(13)17(14-10-6-5-7-11-14)20-18(22)23-19(2,3)4/h5-7,10-11,13,16-17H,8-9,12H2,1-4H3,(H,20,22)/t13-,16+,17-/m1/s1. The lowest BCUT2D eigenvalue weighted by Gasteiger charge is -2.35. The highest BCUT2D eigenvalue weighted by atomic mass is 16.6. The minimum Gasteiger partial charge on any atom is -0.444 e. The number of hydrogen-bond donors (Lipinski definition) is 1. The number of Topliss-reactive ketones (excluding diaryl/α,β-unsaturated/α-hetero) is 1. The predicted octanol–water partition coefficient (Wildman–Crippen LogP) is 4.26. The zero-order chi connectivity index (χ0) is 17.0. The van der Waals surface area contributed by atoms with Crippen molar-refractivity contribution >= 4 is 11.9 Å². The number of amides is 1. The first kappa shape index (κ1) is 17.5. The van der Waals surface area contributed by atoms with E-state index < -0.39 is 11.7 Å². The number of ketones is 1. The number of benzene rings is 1. The summed E-state index contributed by atoms with van der Waals surface area (Å²) >= 11 is 0. The summed E-state index contributed by atoms with van der Waals surface area (Å²) < 4.78 is 5.39. The third kappa shape index (κ3) is 4.81. The Balaban J connectivity index is 2.25. The van der Waals surface area contributed by atoms with Crippen molar-refractivity contribution in [2.45, 2.75) is 58.6 Å². The number of carbonyl (C=O) groups is 2. The van der Waals surface area contributed by atoms with E-state index in [1.165, 1.54) is 0 Å². The van der Waals surface area contributed by atoms with Crippen molar-refractivity contribution < 1.29 is 14.3 Å². The maximum absolute atomic E-state index is 12.5. The minimum atomic E-state index is -0.562. The molecule has 126 valence electrons. The fourth-order valence-electron chi connectivity index (χ4n) is 3.25. The first-order valence-electron chi connectivity index (χ1n) is 8.35. The molecule has 23 heavy (non-hydrogen) atoms. The van der Waals surface area contributed by atoms with Gasteiger partial charge in [-0.05, 0) is 45.1 Å². The number of nitrogens with one attached hydrogen (secondary N) is 1. The summed E-state index contributed by atoms with van der Waals surface area (Å²) in [5, 5.41) is 2.94. The van der Waals surface area contributed by atoms with Crippen molar-refractivity contribution in [3.63, 3.8) is 0 Å². The van der Waals surface area contributed by atoms with E-state index in [0.29, 0.717) is 6.42 Å². The van der Waals surface area contributed by atoms with Gasteiger partial charge in [-0.3, -0.25) is 4.79 Å². The van der Waals surface area contributed by atoms with Crippen LogP contribution in [0, 0.1) is 11.8 Å². The molecule has 1 fully saturated rings. The Morgan fingerprint density at radius 3 is 2.48 bits per heavy atom. The molecular weight excluding hydrogens is 290 g/mol. The third-order valence-electron chi connectivity index (χ3n) is 4.26. The highest BCUT2D eigenvalue weighted by Gasteiger charge is 2.37. The van der Waals surface area contributed by atoms with E-state index in [1.807, 2.05) is 51.1 Å². The fourth-order valence-corrected chi connectivity index (χ4v) is 3.25. The lowest BCUT2D eigenvalue weighted by molar-refractivity contribution is -0.127. The second-order valence-corrected chi connectivity index (χ2v) is 7.40. The molecular formula is C19H27NO3. The maximum Gasteiger partial charge on any atom is 0.408 e. The first-order valence-corrected chi connectivity index (χ1v) is 8.35. The molecule has 4 nitrogen and oxygen atoms in total. The van der Waals surface area contributed by atoms with E-state index in [-0.39, 0.29) is 23.7 Å². The highest BCUT2D eigenvalue weighted by Crippen LogP contribution is 2.36. The minimum absolute atomic E-state index is 0.196. The highest BCUT2D eigenvalue weighted by molar-refractivity contribution is 5.83. The smallest absolute Gasteiger partial charge is 0.408 e. The van der Waals surface area contributed by atoms with Crippen molar-refractivity contribution in [1.82, 2.24) is 5.32 Å². The van der Waals surface area contributed by atoms with Crippen molar-refractivity contribution in [1.29, 1.82) is 0 Å². The van der Waals surface area contributed by atoms with Gasteiger partial charge in [0.05, 0.1) is 6.04 Å². The molecule has 1 aromatic carbocycles. The van der Waals surface area contributed by atoms with Gasteiger partial charge >= 0.3 is 6.09 Å². The van der Waals surface area contributed by atoms with Gasteiger partial charge in [-0.1, -0.05) is 37.3 Å². The summed E-state index contributed by atoms with van der Waals surface area (Å²) in [6, 6.07) is 9.36. The molecule has 0 unspecified atom stereocenters. The molecule has 0 heterocycles. The predicted molar refractivity (Wildman–Crippen MR) is 90.1 cm³/mol. The molecule has 0 aromatic heterocycles. The Kier molecular flexibility index (Phi) is 5.45. The number of rotatable bonds is 3. The summed E-state index contributed by atoms with van der Waals surface area (Å²) in [6.07, 6.45) is 2.06. The quantitative estimate of drug-likeness (QED) is 0.906. The number of ether oxygens (including phenoxy) is 1. The van der Waals surface area contributed by atoms with Crippen molar-refractivity contribution in [3.8, 4) is 0 Å². The molecule has 0 bridgehead atoms. The molecule has 4 heteroatoms. The van der Waals surface area contributed by atoms with E-state index >= 15 is 0 Å². The maximum atomic E-state index is 12.5. The number of hydrogen-bond acceptors (Lipinski definition) is 3. The largest absolute Gasteiger partial charge is 0.444 e. The molecule has 0 spiro atoms. The van der Waals surface area contributed by atoms with E-state index in [2.05, 4.69) is 12.2 Å². The van der Waals surface area contributed by atoms with Crippen LogP contribution in [-0.2, 0) is 9.53 Å². The number of carbonyl (C=O) groups excluding carboxylic acids is 2. The van der Waals surface area contributed by atoms with E-state index in [4.69, 9.17) is 4.74 Å².